The number of hydrogen-bond acceptors (Lipinski definition) is 4. The van der Waals surface area contributed by atoms with Crippen molar-refractivity contribution in [2.75, 3.05) is 5.32 Å². The van der Waals surface area contributed by atoms with E-state index in [0.29, 0.717) is 0 Å². The van der Waals surface area contributed by atoms with Gasteiger partial charge in [0.05, 0.1) is 5.56 Å². The average Bonchev–Trinajstić information content (AvgIpc) is 2.35. The second kappa shape index (κ2) is 5.01. The molecule has 0 aliphatic carbocycles. The Kier molecular flexibility index (Phi) is 3.43. The second-order valence-electron chi connectivity index (χ2n) is 3.72. The summed E-state index contributed by atoms with van der Waals surface area (Å²) in [4.78, 5) is 11.9. The van der Waals surface area contributed by atoms with Crippen molar-refractivity contribution >= 4 is 23.3 Å². The van der Waals surface area contributed by atoms with E-state index in [4.69, 9.17) is 11.6 Å². The molecule has 0 spiro atoms. The first kappa shape index (κ1) is 12.3. The summed E-state index contributed by atoms with van der Waals surface area (Å²) in [5.74, 6) is -0.266. The molecule has 6 heteroatoms. The van der Waals surface area contributed by atoms with Crippen LogP contribution in [0.1, 0.15) is 15.9 Å². The number of amides is 1. The zero-order valence-electron chi connectivity index (χ0n) is 9.51. The number of aromatic nitrogens is 2. The molecule has 0 fully saturated rings. The fourth-order valence-corrected chi connectivity index (χ4v) is 1.50. The summed E-state index contributed by atoms with van der Waals surface area (Å²) in [6.45, 7) is 1.83. The number of nitrogens with zero attached hydrogens (tertiary/aromatic N) is 2. The molecule has 1 heterocycles. The topological polar surface area (TPSA) is 75.1 Å². The number of anilines is 1. The summed E-state index contributed by atoms with van der Waals surface area (Å²) in [6.07, 6.45) is 0. The van der Waals surface area contributed by atoms with E-state index >= 15 is 0 Å². The van der Waals surface area contributed by atoms with Crippen LogP contribution in [0.4, 0.5) is 5.82 Å². The third-order valence-corrected chi connectivity index (χ3v) is 2.47. The van der Waals surface area contributed by atoms with Crippen molar-refractivity contribution in [2.45, 2.75) is 6.92 Å². The highest BCUT2D eigenvalue weighted by molar-refractivity contribution is 6.29. The molecule has 0 saturated heterocycles. The van der Waals surface area contributed by atoms with Gasteiger partial charge in [-0.05, 0) is 31.2 Å². The van der Waals surface area contributed by atoms with Crippen molar-refractivity contribution in [1.29, 1.82) is 0 Å². The molecule has 0 bridgehead atoms. The molecule has 0 aliphatic rings. The summed E-state index contributed by atoms with van der Waals surface area (Å²) >= 11 is 5.58. The Morgan fingerprint density at radius 3 is 2.72 bits per heavy atom. The lowest BCUT2D eigenvalue weighted by Gasteiger charge is -2.06. The Bertz CT molecular complexity index is 584. The van der Waals surface area contributed by atoms with Gasteiger partial charge in [0.15, 0.2) is 11.0 Å². The maximum atomic E-state index is 11.9. The van der Waals surface area contributed by atoms with Gasteiger partial charge in [-0.2, -0.15) is 0 Å². The summed E-state index contributed by atoms with van der Waals surface area (Å²) in [5, 5.41) is 19.7. The monoisotopic (exact) mass is 263 g/mol. The number of phenols is 1. The first-order valence-corrected chi connectivity index (χ1v) is 5.54. The second-order valence-corrected chi connectivity index (χ2v) is 4.10. The van der Waals surface area contributed by atoms with Gasteiger partial charge in [-0.25, -0.2) is 0 Å². The van der Waals surface area contributed by atoms with Gasteiger partial charge in [0, 0.05) is 0 Å². The van der Waals surface area contributed by atoms with Gasteiger partial charge < -0.3 is 10.4 Å². The van der Waals surface area contributed by atoms with Crippen LogP contribution in [0.3, 0.4) is 0 Å². The number of aromatic hydroxyl groups is 1. The highest BCUT2D eigenvalue weighted by Gasteiger charge is 2.12. The number of carbonyl (C=O) groups is 1. The van der Waals surface area contributed by atoms with Gasteiger partial charge in [-0.3, -0.25) is 4.79 Å². The van der Waals surface area contributed by atoms with Crippen molar-refractivity contribution in [1.82, 2.24) is 10.2 Å². The Morgan fingerprint density at radius 1 is 1.28 bits per heavy atom. The molecule has 0 aliphatic heterocycles. The minimum Gasteiger partial charge on any atom is -0.507 e. The maximum absolute atomic E-state index is 11.9. The zero-order valence-corrected chi connectivity index (χ0v) is 10.3. The number of benzene rings is 1. The third-order valence-electron chi connectivity index (χ3n) is 2.27. The zero-order chi connectivity index (χ0) is 13.1. The Morgan fingerprint density at radius 2 is 2.06 bits per heavy atom. The molecular formula is C12H10ClN3O2. The lowest BCUT2D eigenvalue weighted by Crippen LogP contribution is -2.13. The van der Waals surface area contributed by atoms with Crippen molar-refractivity contribution in [3.63, 3.8) is 0 Å². The molecule has 2 N–H and O–H groups in total. The Hall–Kier alpha value is -2.14. The number of nitrogens with one attached hydrogen (secondary N) is 1. The fraction of sp³-hybridized carbons (Fsp3) is 0.0833. The van der Waals surface area contributed by atoms with Crippen molar-refractivity contribution in [2.24, 2.45) is 0 Å². The van der Waals surface area contributed by atoms with Crippen LogP contribution in [0, 0.1) is 6.92 Å². The minimum atomic E-state index is -0.451. The molecule has 18 heavy (non-hydrogen) atoms. The van der Waals surface area contributed by atoms with Gasteiger partial charge in [0.25, 0.3) is 5.91 Å². The number of halogens is 1. The molecule has 2 aromatic rings. The first-order chi connectivity index (χ1) is 8.56. The summed E-state index contributed by atoms with van der Waals surface area (Å²) in [5.41, 5.74) is 1.06. The largest absolute Gasteiger partial charge is 0.507 e. The third kappa shape index (κ3) is 2.75. The van der Waals surface area contributed by atoms with E-state index in [1.54, 1.807) is 12.1 Å². The maximum Gasteiger partial charge on any atom is 0.260 e. The fourth-order valence-electron chi connectivity index (χ4n) is 1.40. The highest BCUT2D eigenvalue weighted by Crippen LogP contribution is 2.19. The molecule has 92 valence electrons. The van der Waals surface area contributed by atoms with Crippen LogP contribution in [-0.2, 0) is 0 Å². The van der Waals surface area contributed by atoms with Gasteiger partial charge in [-0.1, -0.05) is 23.2 Å². The number of rotatable bonds is 2. The summed E-state index contributed by atoms with van der Waals surface area (Å²) in [6, 6.07) is 7.82. The van der Waals surface area contributed by atoms with Crippen molar-refractivity contribution in [3.05, 3.63) is 46.6 Å². The SMILES string of the molecule is Cc1ccc(O)c(C(=O)Nc2ccc(Cl)nn2)c1. The number of hydrogen-bond donors (Lipinski definition) is 2. The van der Waals surface area contributed by atoms with Gasteiger partial charge in [-0.15, -0.1) is 10.2 Å². The molecule has 5 nitrogen and oxygen atoms in total. The van der Waals surface area contributed by atoms with Crippen LogP contribution in [0.15, 0.2) is 30.3 Å². The molecule has 1 aromatic heterocycles. The lowest BCUT2D eigenvalue weighted by atomic mass is 10.1. The van der Waals surface area contributed by atoms with Crippen LogP contribution >= 0.6 is 11.6 Å². The predicted octanol–water partition coefficient (Wildman–Crippen LogP) is 2.40. The summed E-state index contributed by atoms with van der Waals surface area (Å²) in [7, 11) is 0. The molecule has 0 unspecified atom stereocenters. The smallest absolute Gasteiger partial charge is 0.260 e. The molecular weight excluding hydrogens is 254 g/mol. The van der Waals surface area contributed by atoms with E-state index < -0.39 is 5.91 Å². The Labute approximate surface area is 108 Å². The van der Waals surface area contributed by atoms with Crippen LogP contribution < -0.4 is 5.32 Å². The van der Waals surface area contributed by atoms with E-state index in [0.717, 1.165) is 5.56 Å². The molecule has 0 saturated carbocycles. The highest BCUT2D eigenvalue weighted by atomic mass is 35.5. The first-order valence-electron chi connectivity index (χ1n) is 5.16. The summed E-state index contributed by atoms with van der Waals surface area (Å²) < 4.78 is 0. The minimum absolute atomic E-state index is 0.0833. The van der Waals surface area contributed by atoms with Crippen LogP contribution in [-0.4, -0.2) is 21.2 Å². The van der Waals surface area contributed by atoms with E-state index in [1.807, 2.05) is 6.92 Å². The van der Waals surface area contributed by atoms with Crippen LogP contribution in [0.5, 0.6) is 5.75 Å². The van der Waals surface area contributed by atoms with Crippen molar-refractivity contribution in [3.8, 4) is 5.75 Å². The Balaban J connectivity index is 2.21. The van der Waals surface area contributed by atoms with Gasteiger partial charge >= 0.3 is 0 Å². The van der Waals surface area contributed by atoms with Gasteiger partial charge in [0.1, 0.15) is 5.75 Å². The van der Waals surface area contributed by atoms with Crippen LogP contribution in [0.2, 0.25) is 5.15 Å². The van der Waals surface area contributed by atoms with E-state index in [9.17, 15) is 9.90 Å². The van der Waals surface area contributed by atoms with Gasteiger partial charge in [0.2, 0.25) is 0 Å². The lowest BCUT2D eigenvalue weighted by molar-refractivity contribution is 0.102. The molecule has 0 radical (unpaired) electrons. The molecule has 1 aromatic carbocycles. The number of carbonyl (C=O) groups excluding carboxylic acids is 1. The predicted molar refractivity (Wildman–Crippen MR) is 67.8 cm³/mol. The molecule has 2 rings (SSSR count). The van der Waals surface area contributed by atoms with E-state index in [-0.39, 0.29) is 22.3 Å². The van der Waals surface area contributed by atoms with E-state index in [1.165, 1.54) is 18.2 Å². The quantitative estimate of drug-likeness (QED) is 0.872. The number of aryl methyl sites for hydroxylation is 1. The standard InChI is InChI=1S/C12H10ClN3O2/c1-7-2-3-9(17)8(6-7)12(18)14-11-5-4-10(13)15-16-11/h2-6,17H,1H3,(H,14,16,18). The molecule has 1 amide bonds. The molecule has 0 atom stereocenters. The number of phenolic OH excluding ortho intramolecular Hbond substituents is 1. The normalized spacial score (nSPS) is 10.1. The average molecular weight is 264 g/mol. The van der Waals surface area contributed by atoms with Crippen LogP contribution in [0.25, 0.3) is 0 Å². The van der Waals surface area contributed by atoms with Crippen molar-refractivity contribution < 1.29 is 9.90 Å². The van der Waals surface area contributed by atoms with E-state index in [2.05, 4.69) is 15.5 Å².